The van der Waals surface area contributed by atoms with Crippen LogP contribution in [-0.2, 0) is 0 Å². The molecule has 0 heterocycles. The van der Waals surface area contributed by atoms with Crippen molar-refractivity contribution in [1.29, 1.82) is 0 Å². The Kier molecular flexibility index (Phi) is 6.54. The van der Waals surface area contributed by atoms with Crippen LogP contribution in [0.4, 0.5) is 0 Å². The number of rotatable bonds is 5. The van der Waals surface area contributed by atoms with Crippen molar-refractivity contribution in [3.05, 3.63) is 0 Å². The lowest BCUT2D eigenvalue weighted by atomic mass is 9.44. The van der Waals surface area contributed by atoms with Crippen LogP contribution in [0.3, 0.4) is 0 Å². The molecule has 0 aromatic rings. The standard InChI is InChI=1S/C27H47I/c1-18(2)7-6-8-19(3)23-11-12-24-22-10-9-20-17-21(28)13-15-26(20,4)25(22)14-16-27(23,24)5/h18-25H,6-17H2,1-5H3/t19-,20+,21-,22+,23-,24+,25+,26+,27-/m1/s1. The largest absolute Gasteiger partial charge is 0.0826 e. The zero-order chi connectivity index (χ0) is 20.1. The summed E-state index contributed by atoms with van der Waals surface area (Å²) in [5, 5.41) is 0. The van der Waals surface area contributed by atoms with E-state index in [4.69, 9.17) is 0 Å². The predicted octanol–water partition coefficient (Wildman–Crippen LogP) is 8.91. The van der Waals surface area contributed by atoms with E-state index in [2.05, 4.69) is 57.2 Å². The molecule has 4 aliphatic rings. The summed E-state index contributed by atoms with van der Waals surface area (Å²) in [6.45, 7) is 12.9. The summed E-state index contributed by atoms with van der Waals surface area (Å²) in [6, 6.07) is 0. The quantitative estimate of drug-likeness (QED) is 0.262. The highest BCUT2D eigenvalue weighted by Crippen LogP contribution is 2.68. The summed E-state index contributed by atoms with van der Waals surface area (Å²) in [4.78, 5) is 0. The molecule has 0 aromatic heterocycles. The first kappa shape index (κ1) is 21.9. The lowest BCUT2D eigenvalue weighted by Crippen LogP contribution is -2.53. The Morgan fingerprint density at radius 2 is 1.54 bits per heavy atom. The van der Waals surface area contributed by atoms with E-state index in [9.17, 15) is 0 Å². The maximum atomic E-state index is 2.75. The Morgan fingerprint density at radius 3 is 2.29 bits per heavy atom. The first-order chi connectivity index (χ1) is 13.3. The second-order valence-electron chi connectivity index (χ2n) is 12.6. The third-order valence-corrected chi connectivity index (χ3v) is 11.9. The summed E-state index contributed by atoms with van der Waals surface area (Å²) < 4.78 is 0.962. The van der Waals surface area contributed by atoms with Gasteiger partial charge in [-0.15, -0.1) is 0 Å². The molecule has 0 spiro atoms. The first-order valence-corrected chi connectivity index (χ1v) is 14.1. The summed E-state index contributed by atoms with van der Waals surface area (Å²) in [7, 11) is 0. The minimum atomic E-state index is 0.669. The molecule has 0 nitrogen and oxygen atoms in total. The molecule has 28 heavy (non-hydrogen) atoms. The zero-order valence-electron chi connectivity index (χ0n) is 19.5. The summed E-state index contributed by atoms with van der Waals surface area (Å²) >= 11 is 2.75. The number of hydrogen-bond donors (Lipinski definition) is 0. The van der Waals surface area contributed by atoms with E-state index in [1.54, 1.807) is 38.5 Å². The van der Waals surface area contributed by atoms with Crippen molar-refractivity contribution in [2.45, 2.75) is 116 Å². The average Bonchev–Trinajstić information content (AvgIpc) is 2.99. The van der Waals surface area contributed by atoms with Gasteiger partial charge in [-0.25, -0.2) is 0 Å². The van der Waals surface area contributed by atoms with Crippen LogP contribution in [0.5, 0.6) is 0 Å². The fourth-order valence-electron chi connectivity index (χ4n) is 9.23. The van der Waals surface area contributed by atoms with Gasteiger partial charge in [0.2, 0.25) is 0 Å². The van der Waals surface area contributed by atoms with E-state index in [1.807, 2.05) is 0 Å². The maximum absolute atomic E-state index is 2.75. The van der Waals surface area contributed by atoms with Gasteiger partial charge in [0.15, 0.2) is 0 Å². The van der Waals surface area contributed by atoms with Gasteiger partial charge in [0.1, 0.15) is 0 Å². The van der Waals surface area contributed by atoms with Gasteiger partial charge in [-0.1, -0.05) is 76.5 Å². The van der Waals surface area contributed by atoms with Crippen molar-refractivity contribution in [2.75, 3.05) is 0 Å². The van der Waals surface area contributed by atoms with Crippen molar-refractivity contribution in [2.24, 2.45) is 52.3 Å². The van der Waals surface area contributed by atoms with Gasteiger partial charge in [0.05, 0.1) is 0 Å². The van der Waals surface area contributed by atoms with Crippen LogP contribution >= 0.6 is 22.6 Å². The molecular weight excluding hydrogens is 451 g/mol. The minimum Gasteiger partial charge on any atom is -0.0826 e. The molecule has 0 amide bonds. The third kappa shape index (κ3) is 3.75. The number of alkyl halides is 1. The average molecular weight is 499 g/mol. The normalized spacial score (nSPS) is 49.4. The van der Waals surface area contributed by atoms with Crippen molar-refractivity contribution in [3.8, 4) is 0 Å². The van der Waals surface area contributed by atoms with Gasteiger partial charge in [0.25, 0.3) is 0 Å². The number of fused-ring (bicyclic) bond motifs is 5. The van der Waals surface area contributed by atoms with Crippen LogP contribution < -0.4 is 0 Å². The van der Waals surface area contributed by atoms with E-state index in [0.29, 0.717) is 10.8 Å². The topological polar surface area (TPSA) is 0 Å². The van der Waals surface area contributed by atoms with Gasteiger partial charge in [-0.3, -0.25) is 0 Å². The smallest absolute Gasteiger partial charge is 0.0113 e. The van der Waals surface area contributed by atoms with Gasteiger partial charge in [0, 0.05) is 3.92 Å². The van der Waals surface area contributed by atoms with Crippen LogP contribution in [0.2, 0.25) is 0 Å². The SMILES string of the molecule is CC(C)CCC[C@@H](C)[C@H]1CC[C@H]2[C@@H]3CC[C@H]4C[C@H](I)CC[C@]4(C)[C@H]3CC[C@]12C. The molecule has 0 aliphatic heterocycles. The highest BCUT2D eigenvalue weighted by atomic mass is 127. The molecule has 0 aromatic carbocycles. The Bertz CT molecular complexity index is 540. The maximum Gasteiger partial charge on any atom is 0.0113 e. The van der Waals surface area contributed by atoms with Crippen LogP contribution in [0.15, 0.2) is 0 Å². The molecule has 1 heteroatoms. The highest BCUT2D eigenvalue weighted by molar-refractivity contribution is 14.1. The van der Waals surface area contributed by atoms with Crippen LogP contribution in [0.1, 0.15) is 112 Å². The monoisotopic (exact) mass is 498 g/mol. The minimum absolute atomic E-state index is 0.669. The molecule has 9 atom stereocenters. The predicted molar refractivity (Wildman–Crippen MR) is 131 cm³/mol. The lowest BCUT2D eigenvalue weighted by Gasteiger charge is -2.61. The molecule has 4 fully saturated rings. The zero-order valence-corrected chi connectivity index (χ0v) is 21.6. The summed E-state index contributed by atoms with van der Waals surface area (Å²) in [5.74, 6) is 7.07. The van der Waals surface area contributed by atoms with Crippen molar-refractivity contribution < 1.29 is 0 Å². The fourth-order valence-corrected chi connectivity index (χ4v) is 10.2. The van der Waals surface area contributed by atoms with Gasteiger partial charge < -0.3 is 0 Å². The molecule has 0 saturated heterocycles. The molecule has 4 aliphatic carbocycles. The van der Waals surface area contributed by atoms with Crippen molar-refractivity contribution >= 4 is 22.6 Å². The second-order valence-corrected chi connectivity index (χ2v) is 14.3. The molecule has 0 unspecified atom stereocenters. The third-order valence-electron chi connectivity index (χ3n) is 10.8. The van der Waals surface area contributed by atoms with E-state index < -0.39 is 0 Å². The first-order valence-electron chi connectivity index (χ1n) is 12.9. The van der Waals surface area contributed by atoms with Crippen LogP contribution in [0.25, 0.3) is 0 Å². The number of halogens is 1. The Labute approximate surface area is 189 Å². The summed E-state index contributed by atoms with van der Waals surface area (Å²) in [6.07, 6.45) is 18.3. The van der Waals surface area contributed by atoms with E-state index >= 15 is 0 Å². The van der Waals surface area contributed by atoms with Gasteiger partial charge in [-0.2, -0.15) is 0 Å². The Morgan fingerprint density at radius 1 is 0.821 bits per heavy atom. The Balaban J connectivity index is 1.46. The van der Waals surface area contributed by atoms with Crippen molar-refractivity contribution in [1.82, 2.24) is 0 Å². The van der Waals surface area contributed by atoms with Crippen LogP contribution in [0, 0.1) is 52.3 Å². The van der Waals surface area contributed by atoms with Crippen molar-refractivity contribution in [3.63, 3.8) is 0 Å². The fraction of sp³-hybridized carbons (Fsp3) is 1.00. The highest BCUT2D eigenvalue weighted by Gasteiger charge is 2.60. The lowest BCUT2D eigenvalue weighted by molar-refractivity contribution is -0.113. The Hall–Kier alpha value is 0.730. The molecule has 162 valence electrons. The molecule has 4 rings (SSSR count). The molecular formula is C27H47I. The van der Waals surface area contributed by atoms with Crippen LogP contribution in [-0.4, -0.2) is 3.92 Å². The summed E-state index contributed by atoms with van der Waals surface area (Å²) in [5.41, 5.74) is 1.36. The molecule has 0 N–H and O–H groups in total. The molecule has 4 saturated carbocycles. The van der Waals surface area contributed by atoms with E-state index in [-0.39, 0.29) is 0 Å². The van der Waals surface area contributed by atoms with Gasteiger partial charge >= 0.3 is 0 Å². The van der Waals surface area contributed by atoms with E-state index in [0.717, 1.165) is 45.3 Å². The second kappa shape index (κ2) is 8.34. The number of hydrogen-bond acceptors (Lipinski definition) is 0. The molecule has 0 bridgehead atoms. The van der Waals surface area contributed by atoms with E-state index in [1.165, 1.54) is 38.5 Å². The van der Waals surface area contributed by atoms with Gasteiger partial charge in [-0.05, 0) is 110 Å². The molecule has 0 radical (unpaired) electrons.